The molecule has 0 amide bonds. The van der Waals surface area contributed by atoms with Crippen LogP contribution in [0.3, 0.4) is 0 Å². The minimum absolute atomic E-state index is 0.462. The van der Waals surface area contributed by atoms with Crippen LogP contribution in [0.1, 0.15) is 64.5 Å². The van der Waals surface area contributed by atoms with E-state index in [0.717, 1.165) is 31.7 Å². The summed E-state index contributed by atoms with van der Waals surface area (Å²) in [4.78, 5) is 0. The molecule has 0 radical (unpaired) electrons. The van der Waals surface area contributed by atoms with Crippen molar-refractivity contribution in [3.05, 3.63) is 29.8 Å². The highest BCUT2D eigenvalue weighted by molar-refractivity contribution is 5.29. The summed E-state index contributed by atoms with van der Waals surface area (Å²) in [7, 11) is 0. The molecule has 0 bridgehead atoms. The van der Waals surface area contributed by atoms with Gasteiger partial charge in [0, 0.05) is 6.04 Å². The molecular formula is C17H29NO. The van der Waals surface area contributed by atoms with Crippen molar-refractivity contribution in [3.8, 4) is 5.75 Å². The second kappa shape index (κ2) is 9.85. The molecule has 1 aromatic rings. The van der Waals surface area contributed by atoms with Crippen LogP contribution in [0.15, 0.2) is 24.3 Å². The monoisotopic (exact) mass is 263 g/mol. The normalized spacial score (nSPS) is 12.4. The fourth-order valence-corrected chi connectivity index (χ4v) is 2.26. The number of benzene rings is 1. The third kappa shape index (κ3) is 6.11. The lowest BCUT2D eigenvalue weighted by atomic mass is 10.0. The van der Waals surface area contributed by atoms with E-state index < -0.39 is 0 Å². The Bertz CT molecular complexity index is 321. The molecule has 1 N–H and O–H groups in total. The van der Waals surface area contributed by atoms with Gasteiger partial charge < -0.3 is 10.1 Å². The van der Waals surface area contributed by atoms with Gasteiger partial charge in [-0.2, -0.15) is 0 Å². The topological polar surface area (TPSA) is 21.3 Å². The number of hydrogen-bond acceptors (Lipinski definition) is 2. The van der Waals surface area contributed by atoms with E-state index in [0.29, 0.717) is 6.04 Å². The highest BCUT2D eigenvalue weighted by atomic mass is 16.5. The minimum Gasteiger partial charge on any atom is -0.494 e. The fourth-order valence-electron chi connectivity index (χ4n) is 2.26. The van der Waals surface area contributed by atoms with Gasteiger partial charge in [0.25, 0.3) is 0 Å². The number of ether oxygens (including phenoxy) is 1. The molecule has 1 unspecified atom stereocenters. The predicted molar refractivity (Wildman–Crippen MR) is 82.8 cm³/mol. The molecule has 2 nitrogen and oxygen atoms in total. The van der Waals surface area contributed by atoms with Gasteiger partial charge in [0.15, 0.2) is 0 Å². The summed E-state index contributed by atoms with van der Waals surface area (Å²) in [5.74, 6) is 0.992. The van der Waals surface area contributed by atoms with E-state index in [9.17, 15) is 0 Å². The molecule has 1 aromatic carbocycles. The van der Waals surface area contributed by atoms with E-state index >= 15 is 0 Å². The van der Waals surface area contributed by atoms with Crippen LogP contribution < -0.4 is 10.1 Å². The van der Waals surface area contributed by atoms with Crippen molar-refractivity contribution in [2.24, 2.45) is 0 Å². The van der Waals surface area contributed by atoms with E-state index in [1.165, 1.54) is 24.8 Å². The van der Waals surface area contributed by atoms with Crippen molar-refractivity contribution in [1.82, 2.24) is 5.32 Å². The van der Waals surface area contributed by atoms with Crippen molar-refractivity contribution in [1.29, 1.82) is 0 Å². The number of nitrogens with one attached hydrogen (secondary N) is 1. The maximum Gasteiger partial charge on any atom is 0.119 e. The molecule has 0 heterocycles. The van der Waals surface area contributed by atoms with Crippen LogP contribution in [0.2, 0.25) is 0 Å². The van der Waals surface area contributed by atoms with E-state index in [4.69, 9.17) is 4.74 Å². The molecule has 2 heteroatoms. The van der Waals surface area contributed by atoms with Gasteiger partial charge in [0.2, 0.25) is 0 Å². The lowest BCUT2D eigenvalue weighted by Gasteiger charge is -2.16. The maximum absolute atomic E-state index is 5.76. The Morgan fingerprint density at radius 2 is 1.74 bits per heavy atom. The molecule has 0 saturated heterocycles. The summed E-state index contributed by atoms with van der Waals surface area (Å²) in [5.41, 5.74) is 1.35. The lowest BCUT2D eigenvalue weighted by Crippen LogP contribution is -2.19. The fraction of sp³-hybridized carbons (Fsp3) is 0.647. The minimum atomic E-state index is 0.462. The third-order valence-corrected chi connectivity index (χ3v) is 3.41. The van der Waals surface area contributed by atoms with Crippen molar-refractivity contribution in [2.45, 2.75) is 58.9 Å². The highest BCUT2D eigenvalue weighted by Crippen LogP contribution is 2.20. The zero-order valence-corrected chi connectivity index (χ0v) is 12.7. The molecule has 0 aromatic heterocycles. The largest absolute Gasteiger partial charge is 0.494 e. The molecule has 0 aliphatic carbocycles. The Kier molecular flexibility index (Phi) is 8.31. The van der Waals surface area contributed by atoms with Crippen LogP contribution in [0, 0.1) is 0 Å². The lowest BCUT2D eigenvalue weighted by molar-refractivity contribution is 0.305. The Hall–Kier alpha value is -1.02. The van der Waals surface area contributed by atoms with Gasteiger partial charge in [0.05, 0.1) is 6.61 Å². The highest BCUT2D eigenvalue weighted by Gasteiger charge is 2.07. The summed E-state index contributed by atoms with van der Waals surface area (Å²) in [6.07, 6.45) is 6.13. The van der Waals surface area contributed by atoms with E-state index in [1.54, 1.807) is 0 Å². The first-order valence-corrected chi connectivity index (χ1v) is 7.77. The second-order valence-corrected chi connectivity index (χ2v) is 5.00. The Labute approximate surface area is 118 Å². The maximum atomic E-state index is 5.76. The van der Waals surface area contributed by atoms with Crippen LogP contribution in [0.5, 0.6) is 5.75 Å². The molecule has 108 valence electrons. The molecule has 0 fully saturated rings. The van der Waals surface area contributed by atoms with Gasteiger partial charge in [0.1, 0.15) is 5.75 Å². The van der Waals surface area contributed by atoms with Gasteiger partial charge in [-0.15, -0.1) is 0 Å². The zero-order valence-electron chi connectivity index (χ0n) is 12.7. The van der Waals surface area contributed by atoms with Crippen LogP contribution >= 0.6 is 0 Å². The zero-order chi connectivity index (χ0) is 13.9. The molecule has 0 aliphatic heterocycles. The first-order valence-electron chi connectivity index (χ1n) is 7.77. The number of unbranched alkanes of at least 4 members (excludes halogenated alkanes) is 3. The van der Waals surface area contributed by atoms with E-state index in [2.05, 4.69) is 50.4 Å². The average molecular weight is 263 g/mol. The Morgan fingerprint density at radius 3 is 2.32 bits per heavy atom. The Morgan fingerprint density at radius 1 is 1.00 bits per heavy atom. The summed E-state index contributed by atoms with van der Waals surface area (Å²) in [5, 5.41) is 3.49. The van der Waals surface area contributed by atoms with Gasteiger partial charge in [-0.25, -0.2) is 0 Å². The van der Waals surface area contributed by atoms with Gasteiger partial charge >= 0.3 is 0 Å². The number of rotatable bonds is 10. The molecule has 1 rings (SSSR count). The second-order valence-electron chi connectivity index (χ2n) is 5.00. The SMILES string of the molecule is CCCCCCOc1ccc(C(CC)NCC)cc1. The first kappa shape index (κ1) is 16.0. The average Bonchev–Trinajstić information content (AvgIpc) is 2.45. The van der Waals surface area contributed by atoms with E-state index in [-0.39, 0.29) is 0 Å². The van der Waals surface area contributed by atoms with Crippen molar-refractivity contribution < 1.29 is 4.74 Å². The van der Waals surface area contributed by atoms with Crippen molar-refractivity contribution in [3.63, 3.8) is 0 Å². The smallest absolute Gasteiger partial charge is 0.119 e. The Balaban J connectivity index is 2.38. The summed E-state index contributed by atoms with van der Waals surface area (Å²) < 4.78 is 5.76. The summed E-state index contributed by atoms with van der Waals surface area (Å²) in [6.45, 7) is 8.44. The van der Waals surface area contributed by atoms with Crippen molar-refractivity contribution in [2.75, 3.05) is 13.2 Å². The predicted octanol–water partition coefficient (Wildman–Crippen LogP) is 4.71. The molecule has 19 heavy (non-hydrogen) atoms. The summed E-state index contributed by atoms with van der Waals surface area (Å²) in [6, 6.07) is 9.00. The summed E-state index contributed by atoms with van der Waals surface area (Å²) >= 11 is 0. The van der Waals surface area contributed by atoms with Crippen LogP contribution in [0.25, 0.3) is 0 Å². The van der Waals surface area contributed by atoms with Gasteiger partial charge in [-0.1, -0.05) is 52.2 Å². The molecule has 0 spiro atoms. The molecule has 1 atom stereocenters. The number of hydrogen-bond donors (Lipinski definition) is 1. The third-order valence-electron chi connectivity index (χ3n) is 3.41. The van der Waals surface area contributed by atoms with Crippen LogP contribution in [-0.2, 0) is 0 Å². The van der Waals surface area contributed by atoms with Crippen LogP contribution in [0.4, 0.5) is 0 Å². The molecule has 0 saturated carbocycles. The van der Waals surface area contributed by atoms with Crippen molar-refractivity contribution >= 4 is 0 Å². The first-order chi connectivity index (χ1) is 9.31. The van der Waals surface area contributed by atoms with Gasteiger partial charge in [-0.05, 0) is 37.1 Å². The molecular weight excluding hydrogens is 234 g/mol. The van der Waals surface area contributed by atoms with E-state index in [1.807, 2.05) is 0 Å². The quantitative estimate of drug-likeness (QED) is 0.617. The standard InChI is InChI=1S/C17H29NO/c1-4-7-8-9-14-19-16-12-10-15(11-13-16)17(5-2)18-6-3/h10-13,17-18H,4-9,14H2,1-3H3. The molecule has 0 aliphatic rings. The van der Waals surface area contributed by atoms with Crippen LogP contribution in [-0.4, -0.2) is 13.2 Å². The van der Waals surface area contributed by atoms with Gasteiger partial charge in [-0.3, -0.25) is 0 Å².